The highest BCUT2D eigenvalue weighted by atomic mass is 16.5. The van der Waals surface area contributed by atoms with Crippen LogP contribution in [-0.4, -0.2) is 82.9 Å². The number of aliphatic hydroxyl groups excluding tert-OH is 1. The van der Waals surface area contributed by atoms with Crippen LogP contribution in [0.15, 0.2) is 21.9 Å². The molecule has 1 aromatic heterocycles. The van der Waals surface area contributed by atoms with E-state index in [-0.39, 0.29) is 71.5 Å². The first-order valence-corrected chi connectivity index (χ1v) is 14.7. The van der Waals surface area contributed by atoms with Crippen molar-refractivity contribution < 1.29 is 48.4 Å². The van der Waals surface area contributed by atoms with E-state index >= 15 is 0 Å². The van der Waals surface area contributed by atoms with Crippen molar-refractivity contribution in [3.8, 4) is 17.4 Å². The first-order chi connectivity index (χ1) is 20.5. The number of rotatable bonds is 11. The lowest BCUT2D eigenvalue weighted by Gasteiger charge is -2.49. The van der Waals surface area contributed by atoms with Crippen LogP contribution in [-0.2, 0) is 6.42 Å². The number of fused-ring (bicyclic) bond motifs is 4. The molecule has 5 rings (SSSR count). The third-order valence-corrected chi connectivity index (χ3v) is 8.77. The van der Waals surface area contributed by atoms with Crippen LogP contribution in [0.3, 0.4) is 0 Å². The number of ketones is 2. The highest BCUT2D eigenvalue weighted by Crippen LogP contribution is 2.57. The number of benzene rings is 1. The zero-order chi connectivity index (χ0) is 31.2. The normalized spacial score (nSPS) is 24.3. The summed E-state index contributed by atoms with van der Waals surface area (Å²) in [6.07, 6.45) is 3.27. The minimum Gasteiger partial charge on any atom is -0.508 e. The molecule has 0 unspecified atom stereocenters. The van der Waals surface area contributed by atoms with Gasteiger partial charge in [0.05, 0.1) is 31.9 Å². The average Bonchev–Trinajstić information content (AvgIpc) is 3.38. The Labute approximate surface area is 249 Å². The topological polar surface area (TPSA) is 169 Å². The van der Waals surface area contributed by atoms with Crippen LogP contribution >= 0.6 is 0 Å². The van der Waals surface area contributed by atoms with Crippen molar-refractivity contribution in [2.24, 2.45) is 11.8 Å². The van der Waals surface area contributed by atoms with Gasteiger partial charge in [0.25, 0.3) is 5.88 Å². The van der Waals surface area contributed by atoms with Gasteiger partial charge in [-0.05, 0) is 56.9 Å². The Kier molecular flexibility index (Phi) is 8.28. The zero-order valence-corrected chi connectivity index (χ0v) is 25.1. The first-order valence-electron chi connectivity index (χ1n) is 14.7. The Morgan fingerprint density at radius 2 is 1.81 bits per heavy atom. The molecule has 12 heteroatoms. The minimum absolute atomic E-state index is 0.0469. The molecule has 12 nitrogen and oxygen atoms in total. The molecule has 0 spiro atoms. The molecule has 3 aliphatic rings. The number of carbonyl (C=O) groups is 3. The molecule has 1 heterocycles. The molecular weight excluding hydrogens is 560 g/mol. The van der Waals surface area contributed by atoms with E-state index in [4.69, 9.17) is 18.7 Å². The van der Waals surface area contributed by atoms with Gasteiger partial charge in [-0.25, -0.2) is 4.79 Å². The summed E-state index contributed by atoms with van der Waals surface area (Å²) in [5.41, 5.74) is -2.54. The number of unbranched alkanes of at least 4 members (excludes halogenated alkanes) is 2. The molecule has 0 saturated carbocycles. The zero-order valence-electron chi connectivity index (χ0n) is 25.1. The maximum atomic E-state index is 14.3. The number of Topliss-reactive ketones (excluding diaryl/α,β-unsaturated/α-hetero) is 2. The molecule has 0 saturated heterocycles. The molecule has 2 aromatic rings. The van der Waals surface area contributed by atoms with E-state index in [1.165, 1.54) is 13.2 Å². The fourth-order valence-electron chi connectivity index (χ4n) is 6.67. The number of ether oxygens (including phenoxy) is 3. The highest BCUT2D eigenvalue weighted by molar-refractivity contribution is 6.17. The van der Waals surface area contributed by atoms with Crippen molar-refractivity contribution in [3.05, 3.63) is 45.4 Å². The first kappa shape index (κ1) is 30.6. The fraction of sp³-hybridized carbons (Fsp3) is 0.548. The summed E-state index contributed by atoms with van der Waals surface area (Å²) < 4.78 is 22.8. The standard InChI is InChI=1S/C31H38N2O10/c1-6-8-10-41-25-17(30(37)38)14-19(40-5)16-12-15-13-18-23(33(3)4)26-22(29(32-43-26)42-11-9-7-2)28(36)31(18,39)27(35)20(15)24(34)21(16)25/h14-15,18,23,35,39H,6-13H2,1-5H3,(H,37,38)/t15-,18-,23-,31-/m0/s1. The molecule has 3 N–H and O–H groups in total. The number of allylic oxidation sites excluding steroid dienone is 1. The number of hydrogen-bond donors (Lipinski definition) is 3. The largest absolute Gasteiger partial charge is 0.508 e. The second kappa shape index (κ2) is 11.6. The predicted octanol–water partition coefficient (Wildman–Crippen LogP) is 4.16. The van der Waals surface area contributed by atoms with E-state index in [9.17, 15) is 29.7 Å². The van der Waals surface area contributed by atoms with Crippen LogP contribution in [0.5, 0.6) is 17.4 Å². The van der Waals surface area contributed by atoms with Crippen LogP contribution in [0, 0.1) is 11.8 Å². The van der Waals surface area contributed by atoms with Crippen molar-refractivity contribution in [3.63, 3.8) is 0 Å². The lowest BCUT2D eigenvalue weighted by atomic mass is 9.58. The summed E-state index contributed by atoms with van der Waals surface area (Å²) in [6, 6.07) is 0.662. The predicted molar refractivity (Wildman–Crippen MR) is 152 cm³/mol. The number of methoxy groups -OCH3 is 1. The Balaban J connectivity index is 1.69. The van der Waals surface area contributed by atoms with E-state index in [0.717, 1.165) is 12.8 Å². The van der Waals surface area contributed by atoms with Gasteiger partial charge in [-0.1, -0.05) is 26.7 Å². The second-order valence-corrected chi connectivity index (χ2v) is 11.6. The Morgan fingerprint density at radius 3 is 2.42 bits per heavy atom. The Morgan fingerprint density at radius 1 is 1.14 bits per heavy atom. The Bertz CT molecular complexity index is 1490. The second-order valence-electron chi connectivity index (χ2n) is 11.6. The molecule has 4 atom stereocenters. The molecule has 0 amide bonds. The number of hydrogen-bond acceptors (Lipinski definition) is 11. The molecule has 3 aliphatic carbocycles. The SMILES string of the molecule is CCCCOc1noc2c1C(=O)[C@@]1(O)C(O)=C3C(=O)c4c(c(OC)cc(C(=O)O)c4OCCCC)C[C@H]3C[C@H]1[C@@H]2N(C)C. The summed E-state index contributed by atoms with van der Waals surface area (Å²) in [6.45, 7) is 4.38. The molecule has 0 aliphatic heterocycles. The summed E-state index contributed by atoms with van der Waals surface area (Å²) >= 11 is 0. The van der Waals surface area contributed by atoms with E-state index in [0.29, 0.717) is 18.4 Å². The van der Waals surface area contributed by atoms with Gasteiger partial charge >= 0.3 is 5.97 Å². The number of aromatic nitrogens is 1. The molecule has 0 fully saturated rings. The summed E-state index contributed by atoms with van der Waals surface area (Å²) in [4.78, 5) is 42.4. The lowest BCUT2D eigenvalue weighted by molar-refractivity contribution is -0.0559. The maximum absolute atomic E-state index is 14.3. The number of carboxylic acid groups (broad SMARTS) is 1. The Hall–Kier alpha value is -3.90. The van der Waals surface area contributed by atoms with Crippen molar-refractivity contribution >= 4 is 17.5 Å². The number of carbonyl (C=O) groups excluding carboxylic acids is 2. The maximum Gasteiger partial charge on any atom is 0.339 e. The molecule has 0 radical (unpaired) electrons. The van der Waals surface area contributed by atoms with Crippen molar-refractivity contribution in [2.45, 2.75) is 64.0 Å². The van der Waals surface area contributed by atoms with E-state index in [1.807, 2.05) is 13.8 Å². The van der Waals surface area contributed by atoms with Crippen LogP contribution in [0.4, 0.5) is 0 Å². The average molecular weight is 599 g/mol. The van der Waals surface area contributed by atoms with Gasteiger partial charge in [-0.2, -0.15) is 0 Å². The summed E-state index contributed by atoms with van der Waals surface area (Å²) in [5, 5.41) is 37.9. The molecule has 232 valence electrons. The van der Waals surface area contributed by atoms with Gasteiger partial charge in [0, 0.05) is 17.1 Å². The lowest BCUT2D eigenvalue weighted by Crippen LogP contribution is -2.59. The van der Waals surface area contributed by atoms with Crippen LogP contribution in [0.1, 0.15) is 94.4 Å². The van der Waals surface area contributed by atoms with Gasteiger partial charge in [-0.15, -0.1) is 0 Å². The van der Waals surface area contributed by atoms with Crippen molar-refractivity contribution in [1.82, 2.24) is 10.1 Å². The number of aromatic carboxylic acids is 1. The molecular formula is C31H38N2O10. The van der Waals surface area contributed by atoms with E-state index < -0.39 is 46.8 Å². The van der Waals surface area contributed by atoms with Gasteiger partial charge in [0.1, 0.15) is 28.4 Å². The van der Waals surface area contributed by atoms with E-state index in [1.54, 1.807) is 19.0 Å². The smallest absolute Gasteiger partial charge is 0.339 e. The number of aliphatic hydroxyl groups is 2. The van der Waals surface area contributed by atoms with E-state index in [2.05, 4.69) is 5.16 Å². The molecule has 1 aromatic carbocycles. The summed E-state index contributed by atoms with van der Waals surface area (Å²) in [5.74, 6) is -4.92. The quantitative estimate of drug-likeness (QED) is 0.316. The highest BCUT2D eigenvalue weighted by Gasteiger charge is 2.64. The van der Waals surface area contributed by atoms with Crippen molar-refractivity contribution in [1.29, 1.82) is 0 Å². The third kappa shape index (κ3) is 4.67. The minimum atomic E-state index is -2.48. The fourth-order valence-corrected chi connectivity index (χ4v) is 6.67. The monoisotopic (exact) mass is 598 g/mol. The molecule has 43 heavy (non-hydrogen) atoms. The van der Waals surface area contributed by atoms with Crippen LogP contribution < -0.4 is 14.2 Å². The summed E-state index contributed by atoms with van der Waals surface area (Å²) in [7, 11) is 4.91. The van der Waals surface area contributed by atoms with Gasteiger partial charge in [0.2, 0.25) is 5.78 Å². The molecule has 0 bridgehead atoms. The van der Waals surface area contributed by atoms with Gasteiger partial charge in [0.15, 0.2) is 17.1 Å². The number of nitrogens with zero attached hydrogens (tertiary/aromatic N) is 2. The van der Waals surface area contributed by atoms with Gasteiger partial charge in [-0.3, -0.25) is 14.5 Å². The van der Waals surface area contributed by atoms with Crippen LogP contribution in [0.2, 0.25) is 0 Å². The number of carboxylic acids is 1. The van der Waals surface area contributed by atoms with Crippen LogP contribution in [0.25, 0.3) is 0 Å². The van der Waals surface area contributed by atoms with Crippen molar-refractivity contribution in [2.75, 3.05) is 34.4 Å². The third-order valence-electron chi connectivity index (χ3n) is 8.77. The van der Waals surface area contributed by atoms with Gasteiger partial charge < -0.3 is 34.1 Å².